The van der Waals surface area contributed by atoms with Crippen LogP contribution in [0.25, 0.3) is 10.9 Å². The van der Waals surface area contributed by atoms with Gasteiger partial charge in [0.05, 0.1) is 5.52 Å². The number of carbonyl (C=O) groups is 1. The van der Waals surface area contributed by atoms with Crippen molar-refractivity contribution in [2.24, 2.45) is 0 Å². The van der Waals surface area contributed by atoms with E-state index in [1.54, 1.807) is 0 Å². The molecular formula is C23H31N3O5. The normalized spacial score (nSPS) is 17.5. The lowest BCUT2D eigenvalue weighted by atomic mass is 10.0. The number of alkyl carbamates (subject to hydrolysis) is 1. The minimum absolute atomic E-state index is 0.0865. The Morgan fingerprint density at radius 2 is 1.97 bits per heavy atom. The van der Waals surface area contributed by atoms with E-state index in [1.165, 1.54) is 0 Å². The van der Waals surface area contributed by atoms with Crippen molar-refractivity contribution in [2.75, 3.05) is 32.8 Å². The van der Waals surface area contributed by atoms with Crippen LogP contribution >= 0.6 is 0 Å². The van der Waals surface area contributed by atoms with Crippen molar-refractivity contribution in [3.05, 3.63) is 34.1 Å². The fourth-order valence-corrected chi connectivity index (χ4v) is 4.07. The zero-order valence-electron chi connectivity index (χ0n) is 18.5. The number of piperidine rings is 1. The van der Waals surface area contributed by atoms with Crippen molar-refractivity contribution in [2.45, 2.75) is 51.7 Å². The van der Waals surface area contributed by atoms with Crippen LogP contribution in [0.15, 0.2) is 23.0 Å². The number of ether oxygens (including phenoxy) is 3. The van der Waals surface area contributed by atoms with Crippen LogP contribution in [0.2, 0.25) is 0 Å². The number of hydrogen-bond acceptors (Lipinski definition) is 6. The standard InChI is InChI=1S/C23H31N3O5/c1-23(2,3)31-22(28)24-17-7-10-26(11-8-17)9-6-16-14-15-4-5-18-20(30-13-12-29-18)19(15)25-21(16)27/h4-5,14,17H,6-13H2,1-3H3,(H,24,28)(H,25,27). The molecule has 0 spiro atoms. The van der Waals surface area contributed by atoms with Crippen LogP contribution in [0.4, 0.5) is 4.79 Å². The summed E-state index contributed by atoms with van der Waals surface area (Å²) in [5.74, 6) is 1.29. The highest BCUT2D eigenvalue weighted by molar-refractivity contribution is 5.87. The fraction of sp³-hybridized carbons (Fsp3) is 0.565. The van der Waals surface area contributed by atoms with Gasteiger partial charge >= 0.3 is 6.09 Å². The third-order valence-electron chi connectivity index (χ3n) is 5.61. The van der Waals surface area contributed by atoms with Crippen LogP contribution in [0.3, 0.4) is 0 Å². The molecule has 2 aliphatic rings. The number of nitrogens with one attached hydrogen (secondary N) is 2. The van der Waals surface area contributed by atoms with Crippen molar-refractivity contribution in [1.82, 2.24) is 15.2 Å². The molecule has 3 heterocycles. The molecule has 31 heavy (non-hydrogen) atoms. The average Bonchev–Trinajstić information content (AvgIpc) is 2.72. The number of likely N-dealkylation sites (tertiary alicyclic amines) is 1. The topological polar surface area (TPSA) is 92.9 Å². The Bertz CT molecular complexity index is 1000. The van der Waals surface area contributed by atoms with Crippen LogP contribution in [0.1, 0.15) is 39.2 Å². The van der Waals surface area contributed by atoms with Gasteiger partial charge in [0.1, 0.15) is 18.8 Å². The first-order valence-electron chi connectivity index (χ1n) is 10.9. The summed E-state index contributed by atoms with van der Waals surface area (Å²) < 4.78 is 16.6. The SMILES string of the molecule is CC(C)(C)OC(=O)NC1CCN(CCc2cc3ccc4c(c3[nH]c2=O)OCCO4)CC1. The number of benzene rings is 1. The largest absolute Gasteiger partial charge is 0.486 e. The summed E-state index contributed by atoms with van der Waals surface area (Å²) in [6, 6.07) is 5.92. The number of pyridine rings is 1. The molecule has 8 nitrogen and oxygen atoms in total. The van der Waals surface area contributed by atoms with Crippen molar-refractivity contribution in [3.8, 4) is 11.5 Å². The Hall–Kier alpha value is -2.74. The summed E-state index contributed by atoms with van der Waals surface area (Å²) in [6.45, 7) is 9.14. The first kappa shape index (κ1) is 21.5. The van der Waals surface area contributed by atoms with Crippen molar-refractivity contribution < 1.29 is 19.0 Å². The molecule has 2 aliphatic heterocycles. The maximum absolute atomic E-state index is 12.6. The van der Waals surface area contributed by atoms with Crippen molar-refractivity contribution >= 4 is 17.0 Å². The molecule has 0 bridgehead atoms. The van der Waals surface area contributed by atoms with Gasteiger partial charge in [0.15, 0.2) is 11.5 Å². The van der Waals surface area contributed by atoms with Gasteiger partial charge in [-0.05, 0) is 58.2 Å². The summed E-state index contributed by atoms with van der Waals surface area (Å²) >= 11 is 0. The van der Waals surface area contributed by atoms with E-state index in [4.69, 9.17) is 14.2 Å². The van der Waals surface area contributed by atoms with E-state index in [9.17, 15) is 9.59 Å². The number of fused-ring (bicyclic) bond motifs is 3. The molecule has 1 saturated heterocycles. The number of amides is 1. The highest BCUT2D eigenvalue weighted by atomic mass is 16.6. The Morgan fingerprint density at radius 1 is 1.23 bits per heavy atom. The minimum atomic E-state index is -0.490. The second-order valence-corrected chi connectivity index (χ2v) is 9.19. The summed E-state index contributed by atoms with van der Waals surface area (Å²) in [5.41, 5.74) is 0.880. The van der Waals surface area contributed by atoms with E-state index < -0.39 is 5.60 Å². The van der Waals surface area contributed by atoms with Gasteiger partial charge in [-0.3, -0.25) is 4.79 Å². The number of aromatic nitrogens is 1. The molecule has 8 heteroatoms. The summed E-state index contributed by atoms with van der Waals surface area (Å²) in [6.07, 6.45) is 2.06. The zero-order chi connectivity index (χ0) is 22.0. The Morgan fingerprint density at radius 3 is 2.71 bits per heavy atom. The molecule has 4 rings (SSSR count). The van der Waals surface area contributed by atoms with E-state index in [0.717, 1.165) is 43.4 Å². The number of H-pyrrole nitrogens is 1. The van der Waals surface area contributed by atoms with Crippen molar-refractivity contribution in [1.29, 1.82) is 0 Å². The molecule has 1 aromatic heterocycles. The maximum atomic E-state index is 12.6. The third kappa shape index (κ3) is 5.31. The van der Waals surface area contributed by atoms with Gasteiger partial charge < -0.3 is 29.4 Å². The van der Waals surface area contributed by atoms with Gasteiger partial charge in [0, 0.05) is 36.6 Å². The number of nitrogens with zero attached hydrogens (tertiary/aromatic N) is 1. The molecule has 0 aliphatic carbocycles. The molecule has 1 aromatic carbocycles. The summed E-state index contributed by atoms with van der Waals surface area (Å²) in [4.78, 5) is 29.9. The first-order chi connectivity index (χ1) is 14.8. The molecule has 0 atom stereocenters. The van der Waals surface area contributed by atoms with Crippen LogP contribution in [0, 0.1) is 0 Å². The monoisotopic (exact) mass is 429 g/mol. The molecule has 0 radical (unpaired) electrons. The van der Waals surface area contributed by atoms with Crippen molar-refractivity contribution in [3.63, 3.8) is 0 Å². The summed E-state index contributed by atoms with van der Waals surface area (Å²) in [5, 5.41) is 3.90. The number of rotatable bonds is 4. The molecule has 2 N–H and O–H groups in total. The second-order valence-electron chi connectivity index (χ2n) is 9.19. The van der Waals surface area contributed by atoms with Crippen LogP contribution in [0.5, 0.6) is 11.5 Å². The Kier molecular flexibility index (Phi) is 6.09. The lowest BCUT2D eigenvalue weighted by Crippen LogP contribution is -2.46. The van der Waals surface area contributed by atoms with Gasteiger partial charge in [-0.15, -0.1) is 0 Å². The van der Waals surface area contributed by atoms with E-state index in [0.29, 0.717) is 36.7 Å². The quantitative estimate of drug-likeness (QED) is 0.776. The minimum Gasteiger partial charge on any atom is -0.486 e. The highest BCUT2D eigenvalue weighted by Crippen LogP contribution is 2.36. The van der Waals surface area contributed by atoms with Crippen LogP contribution < -0.4 is 20.3 Å². The van der Waals surface area contributed by atoms with E-state index in [1.807, 2.05) is 39.0 Å². The van der Waals surface area contributed by atoms with E-state index >= 15 is 0 Å². The van der Waals surface area contributed by atoms with Crippen LogP contribution in [-0.2, 0) is 11.2 Å². The third-order valence-corrected chi connectivity index (χ3v) is 5.61. The van der Waals surface area contributed by atoms with Gasteiger partial charge in [0.25, 0.3) is 5.56 Å². The molecule has 2 aromatic rings. The van der Waals surface area contributed by atoms with Gasteiger partial charge in [-0.1, -0.05) is 0 Å². The smallest absolute Gasteiger partial charge is 0.407 e. The zero-order valence-corrected chi connectivity index (χ0v) is 18.5. The molecule has 1 amide bonds. The maximum Gasteiger partial charge on any atom is 0.407 e. The molecular weight excluding hydrogens is 398 g/mol. The van der Waals surface area contributed by atoms with Gasteiger partial charge in [-0.25, -0.2) is 4.79 Å². The number of hydrogen-bond donors (Lipinski definition) is 2. The van der Waals surface area contributed by atoms with Crippen LogP contribution in [-0.4, -0.2) is 60.5 Å². The highest BCUT2D eigenvalue weighted by Gasteiger charge is 2.24. The Labute approximate surface area is 181 Å². The lowest BCUT2D eigenvalue weighted by molar-refractivity contribution is 0.0479. The van der Waals surface area contributed by atoms with E-state index in [2.05, 4.69) is 15.2 Å². The van der Waals surface area contributed by atoms with E-state index in [-0.39, 0.29) is 17.7 Å². The summed E-state index contributed by atoms with van der Waals surface area (Å²) in [7, 11) is 0. The second kappa shape index (κ2) is 8.78. The number of aromatic amines is 1. The molecule has 0 unspecified atom stereocenters. The predicted molar refractivity (Wildman–Crippen MR) is 118 cm³/mol. The van der Waals surface area contributed by atoms with Gasteiger partial charge in [0.2, 0.25) is 0 Å². The fourth-order valence-electron chi connectivity index (χ4n) is 4.07. The molecule has 168 valence electrons. The van der Waals surface area contributed by atoms with Gasteiger partial charge in [-0.2, -0.15) is 0 Å². The number of carbonyl (C=O) groups excluding carboxylic acids is 1. The lowest BCUT2D eigenvalue weighted by Gasteiger charge is -2.32. The Balaban J connectivity index is 1.32. The predicted octanol–water partition coefficient (Wildman–Crippen LogP) is 2.83. The molecule has 0 saturated carbocycles. The first-order valence-corrected chi connectivity index (χ1v) is 10.9. The molecule has 1 fully saturated rings. The average molecular weight is 430 g/mol.